The Bertz CT molecular complexity index is 1400. The van der Waals surface area contributed by atoms with Crippen LogP contribution in [0.1, 0.15) is 18.1 Å². The van der Waals surface area contributed by atoms with Crippen LogP contribution in [0.25, 0.3) is 22.0 Å². The van der Waals surface area contributed by atoms with Gasteiger partial charge in [-0.2, -0.15) is 0 Å². The molecule has 1 atom stereocenters. The van der Waals surface area contributed by atoms with Crippen LogP contribution in [-0.2, 0) is 22.6 Å². The van der Waals surface area contributed by atoms with Gasteiger partial charge in [0.25, 0.3) is 0 Å². The molecule has 3 aromatic carbocycles. The molecule has 184 valence electrons. The highest BCUT2D eigenvalue weighted by molar-refractivity contribution is 5.90. The molecular weight excluding hydrogens is 459 g/mol. The van der Waals surface area contributed by atoms with E-state index in [1.807, 2.05) is 42.6 Å². The lowest BCUT2D eigenvalue weighted by Crippen LogP contribution is -2.33. The molecule has 4 aromatic rings. The average molecular weight is 487 g/mol. The number of benzene rings is 3. The first-order chi connectivity index (χ1) is 17.5. The van der Waals surface area contributed by atoms with E-state index in [0.29, 0.717) is 17.8 Å². The van der Waals surface area contributed by atoms with Gasteiger partial charge >= 0.3 is 6.09 Å². The van der Waals surface area contributed by atoms with Crippen molar-refractivity contribution in [1.82, 2.24) is 15.6 Å². The normalized spacial score (nSPS) is 15.3. The molecule has 8 heteroatoms. The number of anilines is 1. The number of cyclic esters (lactones) is 1. The van der Waals surface area contributed by atoms with E-state index in [4.69, 9.17) is 4.74 Å². The summed E-state index contributed by atoms with van der Waals surface area (Å²) in [6, 6.07) is 20.7. The number of aromatic amines is 1. The lowest BCUT2D eigenvalue weighted by atomic mass is 10.0. The molecule has 7 nitrogen and oxygen atoms in total. The Morgan fingerprint density at radius 2 is 1.92 bits per heavy atom. The zero-order chi connectivity index (χ0) is 25.1. The zero-order valence-corrected chi connectivity index (χ0v) is 19.9. The number of halogens is 1. The zero-order valence-electron chi connectivity index (χ0n) is 19.9. The molecule has 0 radical (unpaired) electrons. The highest BCUT2D eigenvalue weighted by Gasteiger charge is 2.32. The van der Waals surface area contributed by atoms with E-state index in [0.717, 1.165) is 23.2 Å². The van der Waals surface area contributed by atoms with Gasteiger partial charge in [-0.25, -0.2) is 9.18 Å². The van der Waals surface area contributed by atoms with E-state index in [1.54, 1.807) is 12.1 Å². The molecule has 36 heavy (non-hydrogen) atoms. The smallest absolute Gasteiger partial charge is 0.414 e. The van der Waals surface area contributed by atoms with Crippen molar-refractivity contribution in [3.63, 3.8) is 0 Å². The van der Waals surface area contributed by atoms with E-state index >= 15 is 4.39 Å². The molecule has 1 saturated heterocycles. The molecule has 1 aliphatic rings. The number of carbonyl (C=O) groups is 2. The van der Waals surface area contributed by atoms with Crippen molar-refractivity contribution in [3.8, 4) is 11.1 Å². The van der Waals surface area contributed by atoms with Gasteiger partial charge in [0, 0.05) is 42.7 Å². The van der Waals surface area contributed by atoms with E-state index < -0.39 is 18.0 Å². The third-order valence-corrected chi connectivity index (χ3v) is 6.30. The minimum atomic E-state index is -0.554. The van der Waals surface area contributed by atoms with E-state index in [-0.39, 0.29) is 19.0 Å². The van der Waals surface area contributed by atoms with Crippen LogP contribution < -0.4 is 15.5 Å². The minimum Gasteiger partial charge on any atom is -0.442 e. The molecule has 1 aromatic heterocycles. The van der Waals surface area contributed by atoms with Gasteiger partial charge in [-0.15, -0.1) is 0 Å². The second-order valence-electron chi connectivity index (χ2n) is 8.88. The Morgan fingerprint density at radius 1 is 1.11 bits per heavy atom. The largest absolute Gasteiger partial charge is 0.442 e. The van der Waals surface area contributed by atoms with Gasteiger partial charge in [-0.05, 0) is 41.0 Å². The number of carbonyl (C=O) groups excluding carboxylic acids is 2. The molecule has 2 heterocycles. The maximum atomic E-state index is 15.0. The van der Waals surface area contributed by atoms with Crippen molar-refractivity contribution < 1.29 is 18.7 Å². The van der Waals surface area contributed by atoms with Gasteiger partial charge in [0.2, 0.25) is 5.91 Å². The number of hydrogen-bond acceptors (Lipinski definition) is 4. The number of amides is 2. The number of para-hydroxylation sites is 1. The third-order valence-electron chi connectivity index (χ3n) is 6.30. The van der Waals surface area contributed by atoms with Crippen LogP contribution in [-0.4, -0.2) is 36.2 Å². The Kier molecular flexibility index (Phi) is 6.69. The maximum Gasteiger partial charge on any atom is 0.414 e. The molecule has 2 amide bonds. The Hall–Kier alpha value is -4.17. The number of ether oxygens (including phenoxy) is 1. The van der Waals surface area contributed by atoms with Crippen molar-refractivity contribution >= 4 is 28.6 Å². The summed E-state index contributed by atoms with van der Waals surface area (Å²) in [5, 5.41) is 7.30. The van der Waals surface area contributed by atoms with Gasteiger partial charge < -0.3 is 20.4 Å². The fourth-order valence-electron chi connectivity index (χ4n) is 4.42. The predicted molar refractivity (Wildman–Crippen MR) is 137 cm³/mol. The van der Waals surface area contributed by atoms with Gasteiger partial charge in [-0.3, -0.25) is 9.69 Å². The molecule has 0 bridgehead atoms. The first-order valence-electron chi connectivity index (χ1n) is 11.8. The van der Waals surface area contributed by atoms with Crippen molar-refractivity contribution in [2.75, 3.05) is 18.0 Å². The predicted octanol–water partition coefficient (Wildman–Crippen LogP) is 4.73. The summed E-state index contributed by atoms with van der Waals surface area (Å²) in [4.78, 5) is 28.0. The Morgan fingerprint density at radius 3 is 2.69 bits per heavy atom. The summed E-state index contributed by atoms with van der Waals surface area (Å²) < 4.78 is 20.3. The number of fused-ring (bicyclic) bond motifs is 1. The Balaban J connectivity index is 1.20. The number of nitrogens with one attached hydrogen (secondary N) is 3. The van der Waals surface area contributed by atoms with Crippen LogP contribution in [0, 0.1) is 5.82 Å². The van der Waals surface area contributed by atoms with E-state index in [2.05, 4.69) is 27.8 Å². The third kappa shape index (κ3) is 5.08. The molecule has 1 fully saturated rings. The van der Waals surface area contributed by atoms with Crippen molar-refractivity contribution in [3.05, 3.63) is 89.9 Å². The van der Waals surface area contributed by atoms with E-state index in [1.165, 1.54) is 28.8 Å². The average Bonchev–Trinajstić information content (AvgIpc) is 3.46. The van der Waals surface area contributed by atoms with Crippen LogP contribution in [0.15, 0.2) is 72.9 Å². The topological polar surface area (TPSA) is 86.5 Å². The van der Waals surface area contributed by atoms with Crippen LogP contribution in [0.2, 0.25) is 0 Å². The summed E-state index contributed by atoms with van der Waals surface area (Å²) in [7, 11) is 0. The van der Waals surface area contributed by atoms with Crippen LogP contribution in [0.4, 0.5) is 14.9 Å². The first kappa shape index (κ1) is 23.6. The van der Waals surface area contributed by atoms with Crippen LogP contribution in [0.3, 0.4) is 0 Å². The highest BCUT2D eigenvalue weighted by atomic mass is 19.1. The van der Waals surface area contributed by atoms with Crippen molar-refractivity contribution in [2.24, 2.45) is 0 Å². The van der Waals surface area contributed by atoms with Crippen LogP contribution >= 0.6 is 0 Å². The lowest BCUT2D eigenvalue weighted by Gasteiger charge is -2.15. The summed E-state index contributed by atoms with van der Waals surface area (Å²) in [6.07, 6.45) is 1.00. The quantitative estimate of drug-likeness (QED) is 0.336. The maximum absolute atomic E-state index is 15.0. The molecule has 1 aliphatic heterocycles. The molecule has 3 N–H and O–H groups in total. The van der Waals surface area contributed by atoms with Crippen LogP contribution in [0.5, 0.6) is 0 Å². The number of nitrogens with zero attached hydrogens (tertiary/aromatic N) is 1. The standard InChI is InChI=1S/C28H27FN4O3/c1-18(34)31-16-23-17-33(28(35)36-23)22-10-11-24(26(29)12-22)20-8-6-19(7-9-20)13-30-14-21-15-32-27-5-3-2-4-25(21)27/h2-12,15,23,30,32H,13-14,16-17H2,1H3,(H,31,34)/t23-/m0/s1. The van der Waals surface area contributed by atoms with Gasteiger partial charge in [0.1, 0.15) is 11.9 Å². The summed E-state index contributed by atoms with van der Waals surface area (Å²) >= 11 is 0. The van der Waals surface area contributed by atoms with E-state index in [9.17, 15) is 9.59 Å². The monoisotopic (exact) mass is 486 g/mol. The van der Waals surface area contributed by atoms with Crippen molar-refractivity contribution in [2.45, 2.75) is 26.1 Å². The molecular formula is C28H27FN4O3. The fourth-order valence-corrected chi connectivity index (χ4v) is 4.42. The summed E-state index contributed by atoms with van der Waals surface area (Å²) in [6.45, 7) is 3.31. The fraction of sp³-hybridized carbons (Fsp3) is 0.214. The SMILES string of the molecule is CC(=O)NC[C@H]1CN(c2ccc(-c3ccc(CNCc4c[nH]c5ccccc45)cc3)c(F)c2)C(=O)O1. The molecule has 0 aliphatic carbocycles. The molecule has 0 saturated carbocycles. The number of rotatable bonds is 8. The Labute approximate surface area is 208 Å². The second kappa shape index (κ2) is 10.2. The number of aromatic nitrogens is 1. The number of H-pyrrole nitrogens is 1. The molecule has 5 rings (SSSR count). The lowest BCUT2D eigenvalue weighted by molar-refractivity contribution is -0.119. The first-order valence-corrected chi connectivity index (χ1v) is 11.8. The summed E-state index contributed by atoms with van der Waals surface area (Å²) in [5.74, 6) is -0.619. The van der Waals surface area contributed by atoms with Gasteiger partial charge in [0.15, 0.2) is 0 Å². The molecule has 0 spiro atoms. The van der Waals surface area contributed by atoms with Crippen molar-refractivity contribution in [1.29, 1.82) is 0 Å². The minimum absolute atomic E-state index is 0.198. The second-order valence-corrected chi connectivity index (χ2v) is 8.88. The van der Waals surface area contributed by atoms with Gasteiger partial charge in [-0.1, -0.05) is 42.5 Å². The molecule has 0 unspecified atom stereocenters. The summed E-state index contributed by atoms with van der Waals surface area (Å²) in [5.41, 5.74) is 5.07. The van der Waals surface area contributed by atoms with Gasteiger partial charge in [0.05, 0.1) is 18.8 Å². The highest BCUT2D eigenvalue weighted by Crippen LogP contribution is 2.29. The number of hydrogen-bond donors (Lipinski definition) is 3.